The van der Waals surface area contributed by atoms with Crippen molar-refractivity contribution in [3.05, 3.63) is 71.3 Å². The zero-order chi connectivity index (χ0) is 20.9. The molecule has 0 aromatic heterocycles. The highest BCUT2D eigenvalue weighted by atomic mass is 32.2. The number of carbonyl (C=O) groups is 1. The van der Waals surface area contributed by atoms with Gasteiger partial charge in [-0.05, 0) is 35.4 Å². The number of primary amides is 1. The van der Waals surface area contributed by atoms with Gasteiger partial charge in [0.05, 0.1) is 5.75 Å². The van der Waals surface area contributed by atoms with Gasteiger partial charge in [-0.15, -0.1) is 0 Å². The van der Waals surface area contributed by atoms with E-state index in [0.29, 0.717) is 29.2 Å². The highest BCUT2D eigenvalue weighted by molar-refractivity contribution is 7.88. The second kappa shape index (κ2) is 9.07. The SMILES string of the molecule is NC(=O)C(O)(c1ccccc1)c1ccc(CS(=O)(=O)NCC2CCCCC2)cc1. The fourth-order valence-electron chi connectivity index (χ4n) is 3.88. The summed E-state index contributed by atoms with van der Waals surface area (Å²) in [4.78, 5) is 12.0. The van der Waals surface area contributed by atoms with Crippen molar-refractivity contribution in [2.45, 2.75) is 43.5 Å². The molecule has 1 amide bonds. The molecule has 0 radical (unpaired) electrons. The van der Waals surface area contributed by atoms with Crippen molar-refractivity contribution < 1.29 is 18.3 Å². The van der Waals surface area contributed by atoms with E-state index in [2.05, 4.69) is 4.72 Å². The third-order valence-corrected chi connectivity index (χ3v) is 6.91. The Morgan fingerprint density at radius 2 is 1.59 bits per heavy atom. The van der Waals surface area contributed by atoms with E-state index < -0.39 is 21.5 Å². The highest BCUT2D eigenvalue weighted by Gasteiger charge is 2.38. The Morgan fingerprint density at radius 3 is 2.17 bits per heavy atom. The van der Waals surface area contributed by atoms with Gasteiger partial charge >= 0.3 is 0 Å². The number of carbonyl (C=O) groups excluding carboxylic acids is 1. The maximum absolute atomic E-state index is 12.4. The molecule has 0 aliphatic heterocycles. The number of hydrogen-bond donors (Lipinski definition) is 3. The molecule has 1 aliphatic carbocycles. The average molecular weight is 417 g/mol. The van der Waals surface area contributed by atoms with Crippen LogP contribution < -0.4 is 10.5 Å². The number of nitrogens with two attached hydrogens (primary N) is 1. The first kappa shape index (κ1) is 21.5. The molecule has 2 aromatic carbocycles. The van der Waals surface area contributed by atoms with Gasteiger partial charge in [0, 0.05) is 6.54 Å². The van der Waals surface area contributed by atoms with Crippen LogP contribution in [-0.4, -0.2) is 26.0 Å². The Bertz CT molecular complexity index is 923. The van der Waals surface area contributed by atoms with Gasteiger partial charge in [-0.2, -0.15) is 0 Å². The van der Waals surface area contributed by atoms with Crippen LogP contribution in [-0.2, 0) is 26.2 Å². The number of benzene rings is 2. The predicted octanol–water partition coefficient (Wildman–Crippen LogP) is 2.41. The minimum atomic E-state index is -3.45. The number of rotatable bonds is 8. The van der Waals surface area contributed by atoms with Crippen LogP contribution in [0, 0.1) is 5.92 Å². The Labute approximate surface area is 172 Å². The minimum Gasteiger partial charge on any atom is -0.372 e. The van der Waals surface area contributed by atoms with Crippen molar-refractivity contribution in [2.24, 2.45) is 11.7 Å². The zero-order valence-electron chi connectivity index (χ0n) is 16.4. The van der Waals surface area contributed by atoms with Gasteiger partial charge in [0.2, 0.25) is 10.0 Å². The third kappa shape index (κ3) is 5.23. The summed E-state index contributed by atoms with van der Waals surface area (Å²) in [5.74, 6) is -0.629. The lowest BCUT2D eigenvalue weighted by Gasteiger charge is -2.26. The number of nitrogens with one attached hydrogen (secondary N) is 1. The van der Waals surface area contributed by atoms with Crippen LogP contribution in [0.4, 0.5) is 0 Å². The maximum Gasteiger partial charge on any atom is 0.258 e. The van der Waals surface area contributed by atoms with E-state index in [1.165, 1.54) is 6.42 Å². The van der Waals surface area contributed by atoms with E-state index in [1.54, 1.807) is 54.6 Å². The second-order valence-corrected chi connectivity index (χ2v) is 9.56. The molecular weight excluding hydrogens is 388 g/mol. The summed E-state index contributed by atoms with van der Waals surface area (Å²) in [6.07, 6.45) is 5.71. The molecular formula is C22H28N2O4S. The van der Waals surface area contributed by atoms with Crippen LogP contribution in [0.1, 0.15) is 48.8 Å². The van der Waals surface area contributed by atoms with Crippen molar-refractivity contribution in [2.75, 3.05) is 6.54 Å². The molecule has 7 heteroatoms. The summed E-state index contributed by atoms with van der Waals surface area (Å²) in [5, 5.41) is 11.0. The number of aliphatic hydroxyl groups is 1. The summed E-state index contributed by atoms with van der Waals surface area (Å²) in [6, 6.07) is 14.7. The van der Waals surface area contributed by atoms with Gasteiger partial charge < -0.3 is 10.8 Å². The molecule has 1 aliphatic rings. The van der Waals surface area contributed by atoms with Crippen molar-refractivity contribution >= 4 is 15.9 Å². The number of hydrogen-bond acceptors (Lipinski definition) is 4. The lowest BCUT2D eigenvalue weighted by molar-refractivity contribution is -0.133. The van der Waals surface area contributed by atoms with Gasteiger partial charge in [-0.3, -0.25) is 4.79 Å². The van der Waals surface area contributed by atoms with Crippen LogP contribution in [0.3, 0.4) is 0 Å². The van der Waals surface area contributed by atoms with E-state index in [0.717, 1.165) is 25.7 Å². The fraction of sp³-hybridized carbons (Fsp3) is 0.409. The summed E-state index contributed by atoms with van der Waals surface area (Å²) in [7, 11) is -3.45. The standard InChI is InChI=1S/C22H28N2O4S/c23-21(25)22(26,19-9-5-2-6-10-19)20-13-11-18(12-14-20)16-29(27,28)24-15-17-7-3-1-4-8-17/h2,5-6,9-14,17,24,26H,1,3-4,7-8,15-16H2,(H2,23,25). The molecule has 2 aromatic rings. The number of amides is 1. The van der Waals surface area contributed by atoms with E-state index in [-0.39, 0.29) is 5.75 Å². The van der Waals surface area contributed by atoms with Crippen LogP contribution in [0.15, 0.2) is 54.6 Å². The predicted molar refractivity (Wildman–Crippen MR) is 112 cm³/mol. The van der Waals surface area contributed by atoms with Crippen LogP contribution in [0.5, 0.6) is 0 Å². The summed E-state index contributed by atoms with van der Waals surface area (Å²) in [6.45, 7) is 0.482. The minimum absolute atomic E-state index is 0.152. The maximum atomic E-state index is 12.4. The first-order valence-corrected chi connectivity index (χ1v) is 11.6. The van der Waals surface area contributed by atoms with E-state index >= 15 is 0 Å². The highest BCUT2D eigenvalue weighted by Crippen LogP contribution is 2.30. The van der Waals surface area contributed by atoms with Crippen LogP contribution >= 0.6 is 0 Å². The molecule has 156 valence electrons. The molecule has 1 unspecified atom stereocenters. The molecule has 0 saturated heterocycles. The topological polar surface area (TPSA) is 109 Å². The first-order valence-electron chi connectivity index (χ1n) is 9.96. The first-order chi connectivity index (χ1) is 13.8. The summed E-state index contributed by atoms with van der Waals surface area (Å²) < 4.78 is 27.6. The van der Waals surface area contributed by atoms with E-state index in [1.807, 2.05) is 0 Å². The normalized spacial score (nSPS) is 17.6. The largest absolute Gasteiger partial charge is 0.372 e. The van der Waals surface area contributed by atoms with Gasteiger partial charge in [-0.25, -0.2) is 13.1 Å². The summed E-state index contributed by atoms with van der Waals surface area (Å²) >= 11 is 0. The van der Waals surface area contributed by atoms with Crippen LogP contribution in [0.2, 0.25) is 0 Å². The Hall–Kier alpha value is -2.22. The van der Waals surface area contributed by atoms with Gasteiger partial charge in [0.25, 0.3) is 5.91 Å². The smallest absolute Gasteiger partial charge is 0.258 e. The lowest BCUT2D eigenvalue weighted by atomic mass is 9.85. The van der Waals surface area contributed by atoms with Crippen molar-refractivity contribution in [1.29, 1.82) is 0 Å². The third-order valence-electron chi connectivity index (χ3n) is 5.59. The lowest BCUT2D eigenvalue weighted by Crippen LogP contribution is -2.42. The van der Waals surface area contributed by atoms with Gasteiger partial charge in [-0.1, -0.05) is 73.9 Å². The van der Waals surface area contributed by atoms with E-state index in [4.69, 9.17) is 5.73 Å². The van der Waals surface area contributed by atoms with Crippen molar-refractivity contribution in [1.82, 2.24) is 4.72 Å². The molecule has 0 bridgehead atoms. The number of sulfonamides is 1. The molecule has 0 spiro atoms. The molecule has 29 heavy (non-hydrogen) atoms. The second-order valence-electron chi connectivity index (χ2n) is 7.75. The Balaban J connectivity index is 1.71. The zero-order valence-corrected chi connectivity index (χ0v) is 17.2. The van der Waals surface area contributed by atoms with Gasteiger partial charge in [0.1, 0.15) is 0 Å². The Morgan fingerprint density at radius 1 is 1.00 bits per heavy atom. The molecule has 1 saturated carbocycles. The van der Waals surface area contributed by atoms with Gasteiger partial charge in [0.15, 0.2) is 5.60 Å². The monoisotopic (exact) mass is 416 g/mol. The molecule has 1 fully saturated rings. The fourth-order valence-corrected chi connectivity index (χ4v) is 5.10. The Kier molecular flexibility index (Phi) is 6.72. The van der Waals surface area contributed by atoms with Crippen LogP contribution in [0.25, 0.3) is 0 Å². The summed E-state index contributed by atoms with van der Waals surface area (Å²) in [5.41, 5.74) is 4.75. The van der Waals surface area contributed by atoms with Crippen molar-refractivity contribution in [3.8, 4) is 0 Å². The molecule has 1 atom stereocenters. The molecule has 3 rings (SSSR count). The molecule has 6 nitrogen and oxygen atoms in total. The van der Waals surface area contributed by atoms with E-state index in [9.17, 15) is 18.3 Å². The molecule has 4 N–H and O–H groups in total. The molecule has 0 heterocycles. The average Bonchev–Trinajstić information content (AvgIpc) is 2.73. The quantitative estimate of drug-likeness (QED) is 0.614. The van der Waals surface area contributed by atoms with Crippen molar-refractivity contribution in [3.63, 3.8) is 0 Å².